The van der Waals surface area contributed by atoms with Crippen LogP contribution in [-0.4, -0.2) is 26.5 Å². The van der Waals surface area contributed by atoms with Gasteiger partial charge >= 0.3 is 5.97 Å². The number of pyridine rings is 2. The second-order valence-electron chi connectivity index (χ2n) is 8.66. The zero-order valence-corrected chi connectivity index (χ0v) is 18.2. The first-order chi connectivity index (χ1) is 15.2. The predicted molar refractivity (Wildman–Crippen MR) is 121 cm³/mol. The van der Waals surface area contributed by atoms with Gasteiger partial charge in [-0.25, -0.2) is 9.78 Å². The first-order valence-corrected chi connectivity index (χ1v) is 10.7. The Morgan fingerprint density at radius 3 is 2.84 bits per heavy atom. The summed E-state index contributed by atoms with van der Waals surface area (Å²) in [5, 5.41) is 23.2. The maximum atomic E-state index is 13.3. The van der Waals surface area contributed by atoms with Gasteiger partial charge in [0.25, 0.3) is 5.56 Å². The fourth-order valence-corrected chi connectivity index (χ4v) is 4.40. The van der Waals surface area contributed by atoms with Crippen LogP contribution in [-0.2, 0) is 28.3 Å². The molecule has 8 nitrogen and oxygen atoms in total. The van der Waals surface area contributed by atoms with Crippen molar-refractivity contribution < 1.29 is 14.6 Å². The van der Waals surface area contributed by atoms with Crippen molar-refractivity contribution in [2.45, 2.75) is 45.9 Å². The van der Waals surface area contributed by atoms with E-state index in [2.05, 4.69) is 5.32 Å². The molecule has 3 aromatic rings. The number of aromatic nitrogens is 2. The third-order valence-electron chi connectivity index (χ3n) is 6.40. The molecule has 0 fully saturated rings. The topological polar surface area (TPSA) is 117 Å². The molecule has 8 heteroatoms. The van der Waals surface area contributed by atoms with Gasteiger partial charge in [-0.2, -0.15) is 0 Å². The van der Waals surface area contributed by atoms with E-state index in [0.29, 0.717) is 34.9 Å². The van der Waals surface area contributed by atoms with Crippen molar-refractivity contribution in [2.24, 2.45) is 5.92 Å². The Labute approximate surface area is 184 Å². The highest BCUT2D eigenvalue weighted by Gasteiger charge is 2.45. The Balaban J connectivity index is 1.69. The van der Waals surface area contributed by atoms with Gasteiger partial charge in [0.05, 0.1) is 29.0 Å². The monoisotopic (exact) mass is 432 g/mol. The van der Waals surface area contributed by atoms with Crippen LogP contribution >= 0.6 is 0 Å². The van der Waals surface area contributed by atoms with E-state index in [1.807, 2.05) is 38.1 Å². The minimum Gasteiger partial charge on any atom is -0.458 e. The molecule has 0 saturated heterocycles. The van der Waals surface area contributed by atoms with Crippen LogP contribution in [0, 0.1) is 11.3 Å². The number of amidine groups is 1. The zero-order valence-electron chi connectivity index (χ0n) is 18.2. The predicted octanol–water partition coefficient (Wildman–Crippen LogP) is 3.12. The molecule has 164 valence electrons. The molecule has 2 aliphatic heterocycles. The van der Waals surface area contributed by atoms with Crippen molar-refractivity contribution in [1.82, 2.24) is 9.55 Å². The Morgan fingerprint density at radius 2 is 2.12 bits per heavy atom. The number of hydrogen-bond donors (Lipinski definition) is 3. The molecule has 1 atom stereocenters. The van der Waals surface area contributed by atoms with E-state index in [4.69, 9.17) is 15.1 Å². The van der Waals surface area contributed by atoms with Gasteiger partial charge < -0.3 is 19.7 Å². The molecular formula is C24H24N4O4. The molecule has 2 aliphatic rings. The van der Waals surface area contributed by atoms with Crippen LogP contribution in [0.25, 0.3) is 22.3 Å². The number of carbonyl (C=O) groups excluding carboxylic acids is 1. The fourth-order valence-electron chi connectivity index (χ4n) is 4.40. The lowest BCUT2D eigenvalue weighted by Gasteiger charge is -2.31. The van der Waals surface area contributed by atoms with Gasteiger partial charge in [0.1, 0.15) is 12.4 Å². The molecule has 0 amide bonds. The van der Waals surface area contributed by atoms with Crippen molar-refractivity contribution >= 4 is 28.4 Å². The van der Waals surface area contributed by atoms with Crippen LogP contribution < -0.4 is 10.9 Å². The number of rotatable bonds is 3. The number of nitrogens with zero attached hydrogens (tertiary/aromatic N) is 2. The summed E-state index contributed by atoms with van der Waals surface area (Å²) in [5.41, 5.74) is 2.13. The molecule has 0 aliphatic carbocycles. The van der Waals surface area contributed by atoms with Gasteiger partial charge in [0.2, 0.25) is 0 Å². The maximum absolute atomic E-state index is 13.3. The van der Waals surface area contributed by atoms with Gasteiger partial charge in [-0.3, -0.25) is 10.2 Å². The lowest BCUT2D eigenvalue weighted by atomic mass is 9.86. The van der Waals surface area contributed by atoms with Crippen LogP contribution in [0.3, 0.4) is 0 Å². The van der Waals surface area contributed by atoms with Crippen molar-refractivity contribution in [3.8, 4) is 11.4 Å². The average molecular weight is 432 g/mol. The van der Waals surface area contributed by atoms with E-state index < -0.39 is 11.6 Å². The molecule has 5 rings (SSSR count). The van der Waals surface area contributed by atoms with E-state index in [1.165, 1.54) is 0 Å². The molecule has 0 radical (unpaired) electrons. The first kappa shape index (κ1) is 20.4. The molecule has 1 aromatic carbocycles. The van der Waals surface area contributed by atoms with Crippen molar-refractivity contribution in [3.63, 3.8) is 0 Å². The molecule has 2 aromatic heterocycles. The highest BCUT2D eigenvalue weighted by atomic mass is 16.6. The second kappa shape index (κ2) is 7.00. The standard InChI is InChI=1S/C24H24N4O4/c1-4-24(31)16-9-19-20-13(10-28(19)22(29)15(16)11-32-23(24)30)8-14-17(26-20)6-5-7-18(14)27-21(25)12(2)3/h5-9,12,31H,4,10-11H2,1-3H3,(H2,25,27). The van der Waals surface area contributed by atoms with E-state index in [-0.39, 0.29) is 24.5 Å². The Hall–Kier alpha value is -3.52. The fraction of sp³-hybridized carbons (Fsp3) is 0.333. The summed E-state index contributed by atoms with van der Waals surface area (Å²) in [4.78, 5) is 30.4. The molecule has 3 N–H and O–H groups in total. The van der Waals surface area contributed by atoms with Gasteiger partial charge in [0, 0.05) is 28.1 Å². The second-order valence-corrected chi connectivity index (χ2v) is 8.66. The number of carbonyl (C=O) groups is 1. The van der Waals surface area contributed by atoms with E-state index in [0.717, 1.165) is 22.2 Å². The summed E-state index contributed by atoms with van der Waals surface area (Å²) in [5.74, 6) is -0.261. The summed E-state index contributed by atoms with van der Waals surface area (Å²) in [6, 6.07) is 9.37. The molecule has 0 saturated carbocycles. The molecule has 0 spiro atoms. The number of benzene rings is 1. The van der Waals surface area contributed by atoms with Gasteiger partial charge in [-0.1, -0.05) is 26.8 Å². The van der Waals surface area contributed by atoms with Crippen LogP contribution in [0.4, 0.5) is 5.69 Å². The number of hydrogen-bond acceptors (Lipinski definition) is 6. The summed E-state index contributed by atoms with van der Waals surface area (Å²) in [6.45, 7) is 5.78. The van der Waals surface area contributed by atoms with Gasteiger partial charge in [-0.15, -0.1) is 0 Å². The Kier molecular flexibility index (Phi) is 4.46. The molecule has 4 heterocycles. The van der Waals surface area contributed by atoms with Crippen LogP contribution in [0.2, 0.25) is 0 Å². The third kappa shape index (κ3) is 2.79. The largest absolute Gasteiger partial charge is 0.458 e. The van der Waals surface area contributed by atoms with Crippen LogP contribution in [0.5, 0.6) is 0 Å². The Morgan fingerprint density at radius 1 is 1.34 bits per heavy atom. The highest BCUT2D eigenvalue weighted by molar-refractivity contribution is 6.03. The summed E-state index contributed by atoms with van der Waals surface area (Å²) < 4.78 is 6.74. The molecular weight excluding hydrogens is 408 g/mol. The summed E-state index contributed by atoms with van der Waals surface area (Å²) in [7, 11) is 0. The maximum Gasteiger partial charge on any atom is 0.343 e. The lowest BCUT2D eigenvalue weighted by molar-refractivity contribution is -0.172. The third-order valence-corrected chi connectivity index (χ3v) is 6.40. The normalized spacial score (nSPS) is 18.8. The minimum absolute atomic E-state index is 0.0593. The SMILES string of the molecule is CCC1(O)C(=O)OCc2c1cc1n(c2=O)Cc2cc3c(NC(=N)C(C)C)cccc3nc2-1. The number of nitrogens with one attached hydrogen (secondary N) is 2. The number of ether oxygens (including phenoxy) is 1. The summed E-state index contributed by atoms with van der Waals surface area (Å²) in [6.07, 6.45) is 0.108. The van der Waals surface area contributed by atoms with E-state index in [1.54, 1.807) is 17.6 Å². The number of anilines is 1. The van der Waals surface area contributed by atoms with Crippen molar-refractivity contribution in [1.29, 1.82) is 5.41 Å². The highest BCUT2D eigenvalue weighted by Crippen LogP contribution is 2.39. The minimum atomic E-state index is -1.84. The summed E-state index contributed by atoms with van der Waals surface area (Å²) >= 11 is 0. The van der Waals surface area contributed by atoms with Crippen LogP contribution in [0.15, 0.2) is 35.1 Å². The van der Waals surface area contributed by atoms with Crippen LogP contribution in [0.1, 0.15) is 43.9 Å². The number of esters is 1. The smallest absolute Gasteiger partial charge is 0.343 e. The average Bonchev–Trinajstić information content (AvgIpc) is 3.13. The Bertz CT molecular complexity index is 1370. The first-order valence-electron chi connectivity index (χ1n) is 10.7. The molecule has 0 bridgehead atoms. The molecule has 32 heavy (non-hydrogen) atoms. The molecule has 1 unspecified atom stereocenters. The van der Waals surface area contributed by atoms with E-state index in [9.17, 15) is 14.7 Å². The quantitative estimate of drug-likeness (QED) is 0.260. The lowest BCUT2D eigenvalue weighted by Crippen LogP contribution is -2.44. The van der Waals surface area contributed by atoms with Gasteiger partial charge in [-0.05, 0) is 30.7 Å². The van der Waals surface area contributed by atoms with Gasteiger partial charge in [0.15, 0.2) is 5.60 Å². The number of aliphatic hydroxyl groups is 1. The number of cyclic esters (lactones) is 1. The zero-order chi connectivity index (χ0) is 22.8. The number of fused-ring (bicyclic) bond motifs is 5. The van der Waals surface area contributed by atoms with Crippen molar-refractivity contribution in [3.05, 3.63) is 57.4 Å². The van der Waals surface area contributed by atoms with E-state index >= 15 is 0 Å². The van der Waals surface area contributed by atoms with Crippen molar-refractivity contribution in [2.75, 3.05) is 5.32 Å².